The number of halogens is 3. The first-order valence-corrected chi connectivity index (χ1v) is 13.4. The Kier molecular flexibility index (Phi) is 8.39. The molecule has 8 heteroatoms. The molecule has 0 spiro atoms. The van der Waals surface area contributed by atoms with Crippen LogP contribution >= 0.6 is 23.1 Å². The number of alkyl halides is 3. The summed E-state index contributed by atoms with van der Waals surface area (Å²) in [5, 5.41) is 0.785. The van der Waals surface area contributed by atoms with Crippen LogP contribution in [0.4, 0.5) is 13.2 Å². The molecule has 0 radical (unpaired) electrons. The molecule has 0 saturated carbocycles. The van der Waals surface area contributed by atoms with Crippen LogP contribution in [0.15, 0.2) is 77.7 Å². The van der Waals surface area contributed by atoms with Crippen LogP contribution in [0.3, 0.4) is 0 Å². The van der Waals surface area contributed by atoms with Gasteiger partial charge in [-0.25, -0.2) is 4.98 Å². The van der Waals surface area contributed by atoms with Crippen LogP contribution in [0, 0.1) is 13.8 Å². The molecule has 0 amide bonds. The first kappa shape index (κ1) is 26.9. The Morgan fingerprint density at radius 3 is 2.35 bits per heavy atom. The van der Waals surface area contributed by atoms with Gasteiger partial charge in [0, 0.05) is 27.5 Å². The molecule has 1 unspecified atom stereocenters. The molecule has 0 aliphatic rings. The van der Waals surface area contributed by atoms with Gasteiger partial charge in [-0.05, 0) is 68.1 Å². The molecule has 37 heavy (non-hydrogen) atoms. The van der Waals surface area contributed by atoms with Gasteiger partial charge in [-0.1, -0.05) is 42.5 Å². The van der Waals surface area contributed by atoms with Crippen LogP contribution < -0.4 is 4.74 Å². The van der Waals surface area contributed by atoms with Crippen LogP contribution in [-0.2, 0) is 17.4 Å². The molecule has 4 rings (SSSR count). The van der Waals surface area contributed by atoms with Crippen molar-refractivity contribution in [2.75, 3.05) is 0 Å². The van der Waals surface area contributed by atoms with Crippen molar-refractivity contribution in [3.63, 3.8) is 0 Å². The zero-order chi connectivity index (χ0) is 26.6. The van der Waals surface area contributed by atoms with Crippen molar-refractivity contribution in [1.29, 1.82) is 0 Å². The summed E-state index contributed by atoms with van der Waals surface area (Å²) < 4.78 is 44.3. The highest BCUT2D eigenvalue weighted by atomic mass is 32.2. The van der Waals surface area contributed by atoms with Crippen molar-refractivity contribution >= 4 is 29.1 Å². The van der Waals surface area contributed by atoms with E-state index in [-0.39, 0.29) is 11.2 Å². The van der Waals surface area contributed by atoms with E-state index in [1.54, 1.807) is 17.8 Å². The van der Waals surface area contributed by atoms with E-state index in [4.69, 9.17) is 9.72 Å². The van der Waals surface area contributed by atoms with Crippen LogP contribution in [0.5, 0.6) is 5.75 Å². The number of nitrogens with zero attached hydrogens (tertiary/aromatic N) is 1. The number of hydrogen-bond donors (Lipinski definition) is 0. The predicted molar refractivity (Wildman–Crippen MR) is 143 cm³/mol. The number of benzene rings is 3. The maximum Gasteiger partial charge on any atom is 0.416 e. The molecule has 1 aromatic heterocycles. The molecule has 3 aromatic carbocycles. The topological polar surface area (TPSA) is 39.2 Å². The molecular weight excluding hydrogens is 515 g/mol. The zero-order valence-corrected chi connectivity index (χ0v) is 22.3. The Morgan fingerprint density at radius 2 is 1.73 bits per heavy atom. The van der Waals surface area contributed by atoms with E-state index in [9.17, 15) is 18.0 Å². The zero-order valence-electron chi connectivity index (χ0n) is 20.6. The van der Waals surface area contributed by atoms with Gasteiger partial charge in [-0.2, -0.15) is 13.2 Å². The lowest BCUT2D eigenvalue weighted by molar-refractivity contribution is -0.137. The molecule has 0 fully saturated rings. The van der Waals surface area contributed by atoms with Crippen molar-refractivity contribution in [3.8, 4) is 16.3 Å². The monoisotopic (exact) mass is 541 g/mol. The number of aromatic nitrogens is 1. The van der Waals surface area contributed by atoms with E-state index in [0.29, 0.717) is 16.3 Å². The molecule has 0 N–H and O–H groups in total. The van der Waals surface area contributed by atoms with Crippen molar-refractivity contribution in [1.82, 2.24) is 4.98 Å². The summed E-state index contributed by atoms with van der Waals surface area (Å²) in [6.45, 7) is 5.23. The average Bonchev–Trinajstić information content (AvgIpc) is 3.25. The molecule has 1 heterocycles. The smallest absolute Gasteiger partial charge is 0.416 e. The summed E-state index contributed by atoms with van der Waals surface area (Å²) in [7, 11) is 0. The van der Waals surface area contributed by atoms with E-state index < -0.39 is 11.7 Å². The summed E-state index contributed by atoms with van der Waals surface area (Å²) in [6, 6.07) is 21.2. The highest BCUT2D eigenvalue weighted by Crippen LogP contribution is 2.45. The quantitative estimate of drug-likeness (QED) is 0.127. The Hall–Kier alpha value is -3.10. The van der Waals surface area contributed by atoms with E-state index >= 15 is 0 Å². The maximum absolute atomic E-state index is 13.0. The second-order valence-corrected chi connectivity index (χ2v) is 11.0. The molecule has 4 aromatic rings. The van der Waals surface area contributed by atoms with E-state index in [2.05, 4.69) is 12.1 Å². The fraction of sp³-hybridized carbons (Fsp3) is 0.241. The second kappa shape index (κ2) is 11.5. The third-order valence-corrected chi connectivity index (χ3v) is 8.55. The summed E-state index contributed by atoms with van der Waals surface area (Å²) in [5.74, 6) is 0.177. The van der Waals surface area contributed by atoms with Gasteiger partial charge in [0.1, 0.15) is 10.8 Å². The standard InChI is InChI=1S/C29H26F3NO2S2/c1-18-17-24(14-15-25(18)35-20(3)34)36-26(16-9-21-7-5-4-6-8-21)27-19(2)33-28(37-27)22-10-12-23(13-11-22)29(30,31)32/h4-8,10-15,17,26H,9,16H2,1-3H3. The minimum atomic E-state index is -4.37. The van der Waals surface area contributed by atoms with Gasteiger partial charge < -0.3 is 4.74 Å². The van der Waals surface area contributed by atoms with Crippen molar-refractivity contribution in [3.05, 3.63) is 100 Å². The molecule has 1 atom stereocenters. The lowest BCUT2D eigenvalue weighted by atomic mass is 10.1. The highest BCUT2D eigenvalue weighted by molar-refractivity contribution is 7.99. The number of ether oxygens (including phenoxy) is 1. The van der Waals surface area contributed by atoms with Crippen molar-refractivity contribution < 1.29 is 22.7 Å². The molecule has 0 aliphatic carbocycles. The number of carbonyl (C=O) groups excluding carboxylic acids is 1. The number of carbonyl (C=O) groups is 1. The van der Waals surface area contributed by atoms with Gasteiger partial charge in [0.25, 0.3) is 0 Å². The van der Waals surface area contributed by atoms with E-state index in [1.807, 2.05) is 44.2 Å². The average molecular weight is 542 g/mol. The van der Waals surface area contributed by atoms with Crippen LogP contribution in [0.2, 0.25) is 0 Å². The molecule has 3 nitrogen and oxygen atoms in total. The predicted octanol–water partition coefficient (Wildman–Crippen LogP) is 8.84. The molecule has 0 saturated heterocycles. The Bertz CT molecular complexity index is 1370. The fourth-order valence-electron chi connectivity index (χ4n) is 3.95. The minimum Gasteiger partial charge on any atom is -0.426 e. The first-order chi connectivity index (χ1) is 17.6. The van der Waals surface area contributed by atoms with Crippen molar-refractivity contribution in [2.24, 2.45) is 0 Å². The Balaban J connectivity index is 1.62. The number of aryl methyl sites for hydroxylation is 3. The molecule has 0 bridgehead atoms. The minimum absolute atomic E-state index is 0.0832. The Morgan fingerprint density at radius 1 is 1.03 bits per heavy atom. The normalized spacial score (nSPS) is 12.4. The largest absolute Gasteiger partial charge is 0.426 e. The lowest BCUT2D eigenvalue weighted by Crippen LogP contribution is -2.03. The van der Waals surface area contributed by atoms with Crippen LogP contribution in [-0.4, -0.2) is 11.0 Å². The SMILES string of the molecule is CC(=O)Oc1ccc(SC(CCc2ccccc2)c2sc(-c3ccc(C(F)(F)F)cc3)nc2C)cc1C. The van der Waals surface area contributed by atoms with Gasteiger partial charge in [0.2, 0.25) is 0 Å². The third kappa shape index (κ3) is 7.02. The van der Waals surface area contributed by atoms with Gasteiger partial charge >= 0.3 is 12.1 Å². The highest BCUT2D eigenvalue weighted by Gasteiger charge is 2.30. The van der Waals surface area contributed by atoms with E-state index in [1.165, 1.54) is 36.0 Å². The van der Waals surface area contributed by atoms with Crippen LogP contribution in [0.1, 0.15) is 45.9 Å². The first-order valence-electron chi connectivity index (χ1n) is 11.7. The second-order valence-electron chi connectivity index (χ2n) is 8.70. The lowest BCUT2D eigenvalue weighted by Gasteiger charge is -2.17. The van der Waals surface area contributed by atoms with Gasteiger partial charge in [-0.15, -0.1) is 23.1 Å². The van der Waals surface area contributed by atoms with Crippen molar-refractivity contribution in [2.45, 2.75) is 49.9 Å². The molecular formula is C29H26F3NO2S2. The Labute approximate surface area is 222 Å². The van der Waals surface area contributed by atoms with Gasteiger partial charge in [-0.3, -0.25) is 4.79 Å². The number of thioether (sulfide) groups is 1. The molecule has 192 valence electrons. The number of esters is 1. The maximum atomic E-state index is 13.0. The number of rotatable bonds is 8. The van der Waals surface area contributed by atoms with Gasteiger partial charge in [0.15, 0.2) is 0 Å². The third-order valence-electron chi connectivity index (χ3n) is 5.80. The number of thiazole rings is 1. The fourth-order valence-corrected chi connectivity index (χ4v) is 6.56. The molecule has 0 aliphatic heterocycles. The number of hydrogen-bond acceptors (Lipinski definition) is 5. The summed E-state index contributed by atoms with van der Waals surface area (Å²) in [6.07, 6.45) is -2.64. The van der Waals surface area contributed by atoms with E-state index in [0.717, 1.165) is 46.0 Å². The van der Waals surface area contributed by atoms with Gasteiger partial charge in [0.05, 0.1) is 11.3 Å². The summed E-state index contributed by atoms with van der Waals surface area (Å²) >= 11 is 3.23. The summed E-state index contributed by atoms with van der Waals surface area (Å²) in [4.78, 5) is 18.2. The van der Waals surface area contributed by atoms with Crippen LogP contribution in [0.25, 0.3) is 10.6 Å². The summed E-state index contributed by atoms with van der Waals surface area (Å²) in [5.41, 5.74) is 2.97.